The van der Waals surface area contributed by atoms with Crippen molar-refractivity contribution < 1.29 is 5.32 Å². The summed E-state index contributed by atoms with van der Waals surface area (Å²) in [5.74, 6) is 0. The lowest BCUT2D eigenvalue weighted by atomic mass is 10.0. The molecule has 1 heterocycles. The lowest BCUT2D eigenvalue weighted by molar-refractivity contribution is -0.579. The Bertz CT molecular complexity index is 194. The second kappa shape index (κ2) is 3.64. The number of hydrogen-bond acceptors (Lipinski definition) is 2. The van der Waals surface area contributed by atoms with Crippen LogP contribution in [0, 0.1) is 5.41 Å². The number of rotatable bonds is 2. The summed E-state index contributed by atoms with van der Waals surface area (Å²) in [7, 11) is 2.05. The van der Waals surface area contributed by atoms with E-state index in [1.54, 1.807) is 0 Å². The van der Waals surface area contributed by atoms with Crippen molar-refractivity contribution >= 4 is 5.71 Å². The van der Waals surface area contributed by atoms with Gasteiger partial charge in [0.2, 0.25) is 0 Å². The highest BCUT2D eigenvalue weighted by Gasteiger charge is 2.15. The Morgan fingerprint density at radius 3 is 2.82 bits per heavy atom. The van der Waals surface area contributed by atoms with Gasteiger partial charge in [-0.05, 0) is 6.92 Å². The van der Waals surface area contributed by atoms with E-state index in [1.807, 2.05) is 14.0 Å². The molecule has 0 amide bonds. The molecule has 4 N–H and O–H groups in total. The molecule has 0 saturated carbocycles. The maximum atomic E-state index is 7.50. The Morgan fingerprint density at radius 1 is 1.64 bits per heavy atom. The fraction of sp³-hybridized carbons (Fsp3) is 0.625. The molecule has 3 nitrogen and oxygen atoms in total. The smallest absolute Gasteiger partial charge is 0.113 e. The molecule has 0 aliphatic carbocycles. The van der Waals surface area contributed by atoms with Gasteiger partial charge in [-0.3, -0.25) is 0 Å². The van der Waals surface area contributed by atoms with Gasteiger partial charge in [0.05, 0.1) is 7.05 Å². The van der Waals surface area contributed by atoms with E-state index < -0.39 is 0 Å². The van der Waals surface area contributed by atoms with Crippen LogP contribution in [0.4, 0.5) is 0 Å². The quantitative estimate of drug-likeness (QED) is 0.460. The SMILES string of the molecule is C[NH2+]C1=C(C(C)=N)CNCC1. The van der Waals surface area contributed by atoms with Crippen LogP contribution in [0.2, 0.25) is 0 Å². The summed E-state index contributed by atoms with van der Waals surface area (Å²) in [5.41, 5.74) is 3.22. The highest BCUT2D eigenvalue weighted by Crippen LogP contribution is 2.06. The van der Waals surface area contributed by atoms with Crippen molar-refractivity contribution in [3.8, 4) is 0 Å². The van der Waals surface area contributed by atoms with Gasteiger partial charge < -0.3 is 16.0 Å². The molecule has 0 radical (unpaired) electrons. The lowest BCUT2D eigenvalue weighted by Gasteiger charge is -2.16. The summed E-state index contributed by atoms with van der Waals surface area (Å²) in [4.78, 5) is 0. The Kier molecular flexibility index (Phi) is 2.79. The van der Waals surface area contributed by atoms with Gasteiger partial charge >= 0.3 is 0 Å². The molecule has 0 fully saturated rings. The molecule has 0 saturated heterocycles. The summed E-state index contributed by atoms with van der Waals surface area (Å²) in [6.07, 6.45) is 1.07. The van der Waals surface area contributed by atoms with Crippen molar-refractivity contribution in [2.24, 2.45) is 0 Å². The first-order chi connectivity index (χ1) is 5.25. The zero-order valence-corrected chi connectivity index (χ0v) is 7.20. The average Bonchev–Trinajstić information content (AvgIpc) is 2.04. The Labute approximate surface area is 67.4 Å². The molecular formula is C8H16N3+. The predicted molar refractivity (Wildman–Crippen MR) is 45.8 cm³/mol. The first-order valence-corrected chi connectivity index (χ1v) is 4.03. The van der Waals surface area contributed by atoms with E-state index in [9.17, 15) is 0 Å². The summed E-state index contributed by atoms with van der Waals surface area (Å²) in [6.45, 7) is 3.78. The number of quaternary nitrogens is 1. The third-order valence-corrected chi connectivity index (χ3v) is 2.06. The van der Waals surface area contributed by atoms with Crippen molar-refractivity contribution in [1.29, 1.82) is 5.41 Å². The maximum Gasteiger partial charge on any atom is 0.113 e. The third-order valence-electron chi connectivity index (χ3n) is 2.06. The van der Waals surface area contributed by atoms with Crippen LogP contribution in [0.5, 0.6) is 0 Å². The van der Waals surface area contributed by atoms with Crippen LogP contribution in [0.3, 0.4) is 0 Å². The van der Waals surface area contributed by atoms with E-state index in [-0.39, 0.29) is 0 Å². The molecule has 0 aromatic carbocycles. The fourth-order valence-corrected chi connectivity index (χ4v) is 1.39. The molecular weight excluding hydrogens is 138 g/mol. The molecule has 11 heavy (non-hydrogen) atoms. The molecule has 0 spiro atoms. The number of nitrogens with one attached hydrogen (secondary N) is 2. The standard InChI is InChI=1S/C8H15N3/c1-6(9)7-5-11-4-3-8(7)10-2/h9-11H,3-5H2,1-2H3/p+1. The monoisotopic (exact) mass is 154 g/mol. The zero-order chi connectivity index (χ0) is 8.27. The second-order valence-electron chi connectivity index (χ2n) is 2.84. The predicted octanol–water partition coefficient (Wildman–Crippen LogP) is -0.533. The van der Waals surface area contributed by atoms with Crippen molar-refractivity contribution in [2.45, 2.75) is 13.3 Å². The van der Waals surface area contributed by atoms with Gasteiger partial charge in [-0.15, -0.1) is 0 Å². The third kappa shape index (κ3) is 1.88. The largest absolute Gasteiger partial charge is 0.320 e. The molecule has 0 aromatic rings. The van der Waals surface area contributed by atoms with Gasteiger partial charge in [-0.1, -0.05) is 0 Å². The van der Waals surface area contributed by atoms with Crippen molar-refractivity contribution in [3.63, 3.8) is 0 Å². The molecule has 1 aliphatic heterocycles. The maximum absolute atomic E-state index is 7.50. The van der Waals surface area contributed by atoms with E-state index in [0.29, 0.717) is 5.71 Å². The zero-order valence-electron chi connectivity index (χ0n) is 7.20. The van der Waals surface area contributed by atoms with Gasteiger partial charge in [-0.2, -0.15) is 0 Å². The highest BCUT2D eigenvalue weighted by atomic mass is 14.9. The second-order valence-corrected chi connectivity index (χ2v) is 2.84. The average molecular weight is 154 g/mol. The molecule has 0 aromatic heterocycles. The normalized spacial score (nSPS) is 18.7. The van der Waals surface area contributed by atoms with Gasteiger partial charge in [0.1, 0.15) is 5.70 Å². The molecule has 1 rings (SSSR count). The van der Waals surface area contributed by atoms with Crippen LogP contribution >= 0.6 is 0 Å². The first-order valence-electron chi connectivity index (χ1n) is 4.03. The van der Waals surface area contributed by atoms with Crippen LogP contribution in [0.1, 0.15) is 13.3 Å². The highest BCUT2D eigenvalue weighted by molar-refractivity contribution is 5.96. The van der Waals surface area contributed by atoms with E-state index in [4.69, 9.17) is 5.41 Å². The topological polar surface area (TPSA) is 52.5 Å². The number of nitrogens with two attached hydrogens (primary N) is 1. The molecule has 0 atom stereocenters. The minimum absolute atomic E-state index is 0.699. The van der Waals surface area contributed by atoms with Crippen LogP contribution in [0.15, 0.2) is 11.3 Å². The van der Waals surface area contributed by atoms with Gasteiger partial charge in [-0.25, -0.2) is 0 Å². The Hall–Kier alpha value is -0.670. The van der Waals surface area contributed by atoms with E-state index in [2.05, 4.69) is 10.6 Å². The Balaban J connectivity index is 2.81. The number of hydrogen-bond donors (Lipinski definition) is 3. The summed E-state index contributed by atoms with van der Waals surface area (Å²) < 4.78 is 0. The molecule has 3 heteroatoms. The molecule has 0 unspecified atom stereocenters. The minimum atomic E-state index is 0.699. The Morgan fingerprint density at radius 2 is 2.36 bits per heavy atom. The van der Waals surface area contributed by atoms with Gasteiger partial charge in [0, 0.05) is 30.8 Å². The summed E-state index contributed by atoms with van der Waals surface area (Å²) >= 11 is 0. The fourth-order valence-electron chi connectivity index (χ4n) is 1.39. The molecule has 62 valence electrons. The summed E-state index contributed by atoms with van der Waals surface area (Å²) in [5, 5.41) is 12.9. The minimum Gasteiger partial charge on any atom is -0.320 e. The van der Waals surface area contributed by atoms with Crippen molar-refractivity contribution in [2.75, 3.05) is 20.1 Å². The van der Waals surface area contributed by atoms with Gasteiger partial charge in [0.25, 0.3) is 0 Å². The lowest BCUT2D eigenvalue weighted by Crippen LogP contribution is -2.78. The van der Waals surface area contributed by atoms with Crippen LogP contribution in [0.25, 0.3) is 0 Å². The van der Waals surface area contributed by atoms with Crippen LogP contribution < -0.4 is 10.6 Å². The molecule has 0 bridgehead atoms. The summed E-state index contributed by atoms with van der Waals surface area (Å²) in [6, 6.07) is 0. The first kappa shape index (κ1) is 8.43. The van der Waals surface area contributed by atoms with E-state index in [0.717, 1.165) is 19.5 Å². The van der Waals surface area contributed by atoms with Crippen LogP contribution in [-0.2, 0) is 0 Å². The van der Waals surface area contributed by atoms with E-state index in [1.165, 1.54) is 11.3 Å². The van der Waals surface area contributed by atoms with E-state index >= 15 is 0 Å². The molecule has 1 aliphatic rings. The van der Waals surface area contributed by atoms with Crippen LogP contribution in [-0.4, -0.2) is 25.8 Å². The van der Waals surface area contributed by atoms with Crippen molar-refractivity contribution in [3.05, 3.63) is 11.3 Å². The van der Waals surface area contributed by atoms with Gasteiger partial charge in [0.15, 0.2) is 0 Å². The van der Waals surface area contributed by atoms with Crippen molar-refractivity contribution in [1.82, 2.24) is 5.32 Å².